The van der Waals surface area contributed by atoms with Crippen molar-refractivity contribution in [2.75, 3.05) is 26.0 Å². The first kappa shape index (κ1) is 28.4. The van der Waals surface area contributed by atoms with Crippen molar-refractivity contribution in [1.29, 1.82) is 0 Å². The van der Waals surface area contributed by atoms with Crippen LogP contribution in [-0.2, 0) is 9.84 Å². The van der Waals surface area contributed by atoms with Gasteiger partial charge in [-0.25, -0.2) is 8.42 Å². The minimum atomic E-state index is -4.82. The molecular weight excluding hydrogens is 532 g/mol. The van der Waals surface area contributed by atoms with Gasteiger partial charge in [0.2, 0.25) is 0 Å². The standard InChI is InChI=1S/C23H23F6NO6S/c1-14(22(24,25)26)35-20-8-7-18(37(2,32)33)11-19(20)21(31)30-10-9-15(12-30)13-34-16-3-5-17(6-4-16)36-23(27,28)29/h3-8,11,14-15H,9-10,12-13H2,1-2H3/t14-,15+/m0/s1. The highest BCUT2D eigenvalue weighted by atomic mass is 32.2. The summed E-state index contributed by atoms with van der Waals surface area (Å²) < 4.78 is 114. The van der Waals surface area contributed by atoms with E-state index in [1.54, 1.807) is 0 Å². The van der Waals surface area contributed by atoms with Gasteiger partial charge in [-0.2, -0.15) is 13.2 Å². The normalized spacial score (nSPS) is 17.4. The number of amides is 1. The summed E-state index contributed by atoms with van der Waals surface area (Å²) in [6, 6.07) is 7.84. The Morgan fingerprint density at radius 1 is 1.05 bits per heavy atom. The van der Waals surface area contributed by atoms with Gasteiger partial charge in [-0.3, -0.25) is 4.79 Å². The Bertz CT molecular complexity index is 1210. The molecule has 1 aliphatic heterocycles. The third-order valence-corrected chi connectivity index (χ3v) is 6.60. The number of benzene rings is 2. The van der Waals surface area contributed by atoms with Crippen LogP contribution in [-0.4, -0.2) is 63.8 Å². The van der Waals surface area contributed by atoms with Crippen molar-refractivity contribution in [3.05, 3.63) is 48.0 Å². The van der Waals surface area contributed by atoms with Crippen LogP contribution in [0.4, 0.5) is 26.3 Å². The van der Waals surface area contributed by atoms with E-state index in [4.69, 9.17) is 9.47 Å². The zero-order chi connectivity index (χ0) is 27.6. The second-order valence-electron chi connectivity index (χ2n) is 8.47. The average molecular weight is 555 g/mol. The Balaban J connectivity index is 1.69. The summed E-state index contributed by atoms with van der Waals surface area (Å²) in [5.74, 6) is -1.43. The predicted octanol–water partition coefficient (Wildman–Crippen LogP) is 4.86. The molecule has 2 atom stereocenters. The Labute approximate surface area is 208 Å². The molecule has 0 N–H and O–H groups in total. The first-order valence-electron chi connectivity index (χ1n) is 10.9. The molecule has 2 aromatic carbocycles. The minimum absolute atomic E-state index is 0.112. The molecule has 0 saturated carbocycles. The SMILES string of the molecule is C[C@H](Oc1ccc(S(C)(=O)=O)cc1C(=O)N1CC[C@@H](COc2ccc(OC(F)(F)F)cc2)C1)C(F)(F)F. The van der Waals surface area contributed by atoms with Gasteiger partial charge in [0.15, 0.2) is 15.9 Å². The Kier molecular flexibility index (Phi) is 8.20. The highest BCUT2D eigenvalue weighted by molar-refractivity contribution is 7.90. The fourth-order valence-corrected chi connectivity index (χ4v) is 4.19. The third kappa shape index (κ3) is 7.91. The Morgan fingerprint density at radius 3 is 2.24 bits per heavy atom. The number of halogens is 6. The molecule has 0 aliphatic carbocycles. The number of ether oxygens (including phenoxy) is 3. The molecule has 14 heteroatoms. The summed E-state index contributed by atoms with van der Waals surface area (Å²) >= 11 is 0. The summed E-state index contributed by atoms with van der Waals surface area (Å²) in [7, 11) is -3.76. The quantitative estimate of drug-likeness (QED) is 0.433. The van der Waals surface area contributed by atoms with E-state index < -0.39 is 45.9 Å². The van der Waals surface area contributed by atoms with Gasteiger partial charge >= 0.3 is 12.5 Å². The molecule has 1 fully saturated rings. The molecule has 0 bridgehead atoms. The number of carbonyl (C=O) groups excluding carboxylic acids is 1. The van der Waals surface area contributed by atoms with Gasteiger partial charge in [0.25, 0.3) is 5.91 Å². The van der Waals surface area contributed by atoms with Gasteiger partial charge < -0.3 is 19.1 Å². The van der Waals surface area contributed by atoms with Gasteiger partial charge in [-0.05, 0) is 55.8 Å². The van der Waals surface area contributed by atoms with E-state index in [0.717, 1.165) is 43.5 Å². The van der Waals surface area contributed by atoms with Gasteiger partial charge in [-0.1, -0.05) is 0 Å². The van der Waals surface area contributed by atoms with Crippen LogP contribution in [0.3, 0.4) is 0 Å². The lowest BCUT2D eigenvalue weighted by Crippen LogP contribution is -2.33. The zero-order valence-corrected chi connectivity index (χ0v) is 20.4. The largest absolute Gasteiger partial charge is 0.573 e. The van der Waals surface area contributed by atoms with Crippen molar-refractivity contribution < 1.29 is 53.8 Å². The maximum absolute atomic E-state index is 13.2. The highest BCUT2D eigenvalue weighted by Gasteiger charge is 2.39. The van der Waals surface area contributed by atoms with Gasteiger partial charge in [0.1, 0.15) is 17.2 Å². The van der Waals surface area contributed by atoms with Crippen molar-refractivity contribution >= 4 is 15.7 Å². The lowest BCUT2D eigenvalue weighted by atomic mass is 10.1. The maximum Gasteiger partial charge on any atom is 0.573 e. The molecule has 0 spiro atoms. The molecular formula is C23H23F6NO6S. The number of nitrogens with zero attached hydrogens (tertiary/aromatic N) is 1. The van der Waals surface area contributed by atoms with Crippen LogP contribution in [0.1, 0.15) is 23.7 Å². The van der Waals surface area contributed by atoms with Crippen LogP contribution in [0, 0.1) is 5.92 Å². The molecule has 1 saturated heterocycles. The van der Waals surface area contributed by atoms with E-state index in [2.05, 4.69) is 4.74 Å². The van der Waals surface area contributed by atoms with Crippen LogP contribution >= 0.6 is 0 Å². The topological polar surface area (TPSA) is 82.1 Å². The molecule has 204 valence electrons. The second kappa shape index (κ2) is 10.7. The predicted molar refractivity (Wildman–Crippen MR) is 118 cm³/mol. The molecule has 37 heavy (non-hydrogen) atoms. The number of carbonyl (C=O) groups is 1. The molecule has 7 nitrogen and oxygen atoms in total. The number of hydrogen-bond donors (Lipinski definition) is 0. The number of likely N-dealkylation sites (tertiary alicyclic amines) is 1. The first-order valence-corrected chi connectivity index (χ1v) is 12.8. The first-order chi connectivity index (χ1) is 17.0. The highest BCUT2D eigenvalue weighted by Crippen LogP contribution is 2.31. The van der Waals surface area contributed by atoms with Crippen molar-refractivity contribution in [2.45, 2.75) is 36.9 Å². The van der Waals surface area contributed by atoms with Crippen molar-refractivity contribution in [3.63, 3.8) is 0 Å². The lowest BCUT2D eigenvalue weighted by Gasteiger charge is -2.22. The van der Waals surface area contributed by atoms with E-state index in [1.807, 2.05) is 0 Å². The number of rotatable bonds is 8. The van der Waals surface area contributed by atoms with Crippen LogP contribution < -0.4 is 14.2 Å². The van der Waals surface area contributed by atoms with Crippen LogP contribution in [0.5, 0.6) is 17.2 Å². The fraction of sp³-hybridized carbons (Fsp3) is 0.435. The van der Waals surface area contributed by atoms with Gasteiger partial charge in [0.05, 0.1) is 17.1 Å². The molecule has 1 heterocycles. The van der Waals surface area contributed by atoms with Crippen LogP contribution in [0.2, 0.25) is 0 Å². The summed E-state index contributed by atoms with van der Waals surface area (Å²) in [5, 5.41) is 0. The van der Waals surface area contributed by atoms with Crippen LogP contribution in [0.15, 0.2) is 47.4 Å². The van der Waals surface area contributed by atoms with Crippen molar-refractivity contribution in [2.24, 2.45) is 5.92 Å². The number of hydrogen-bond acceptors (Lipinski definition) is 6. The van der Waals surface area contributed by atoms with Crippen molar-refractivity contribution in [3.8, 4) is 17.2 Å². The molecule has 0 radical (unpaired) electrons. The second-order valence-corrected chi connectivity index (χ2v) is 10.5. The minimum Gasteiger partial charge on any atom is -0.493 e. The average Bonchev–Trinajstić information content (AvgIpc) is 3.25. The third-order valence-electron chi connectivity index (χ3n) is 5.49. The number of alkyl halides is 6. The Hall–Kier alpha value is -3.16. The summed E-state index contributed by atoms with van der Waals surface area (Å²) in [6.07, 6.45) is -10.4. The van der Waals surface area contributed by atoms with E-state index in [-0.39, 0.29) is 41.8 Å². The monoisotopic (exact) mass is 555 g/mol. The summed E-state index contributed by atoms with van der Waals surface area (Å²) in [4.78, 5) is 14.3. The zero-order valence-electron chi connectivity index (χ0n) is 19.6. The molecule has 3 rings (SSSR count). The summed E-state index contributed by atoms with van der Waals surface area (Å²) in [5.41, 5.74) is -0.319. The molecule has 0 unspecified atom stereocenters. The van der Waals surface area contributed by atoms with E-state index in [9.17, 15) is 39.6 Å². The smallest absolute Gasteiger partial charge is 0.493 e. The number of sulfone groups is 1. The molecule has 2 aromatic rings. The van der Waals surface area contributed by atoms with Crippen molar-refractivity contribution in [1.82, 2.24) is 4.90 Å². The Morgan fingerprint density at radius 2 is 1.68 bits per heavy atom. The fourth-order valence-electron chi connectivity index (χ4n) is 3.54. The van der Waals surface area contributed by atoms with Gasteiger partial charge in [0, 0.05) is 25.3 Å². The van der Waals surface area contributed by atoms with Gasteiger partial charge in [-0.15, -0.1) is 13.2 Å². The maximum atomic E-state index is 13.2. The van der Waals surface area contributed by atoms with E-state index >= 15 is 0 Å². The lowest BCUT2D eigenvalue weighted by molar-refractivity contribution is -0.274. The van der Waals surface area contributed by atoms with Crippen LogP contribution in [0.25, 0.3) is 0 Å². The van der Waals surface area contributed by atoms with E-state index in [1.165, 1.54) is 17.0 Å². The molecule has 1 amide bonds. The van der Waals surface area contributed by atoms with E-state index in [0.29, 0.717) is 6.42 Å². The molecule has 0 aromatic heterocycles. The summed E-state index contributed by atoms with van der Waals surface area (Å²) in [6.45, 7) is 1.26. The molecule has 1 aliphatic rings.